The van der Waals surface area contributed by atoms with Gasteiger partial charge in [-0.05, 0) is 60.4 Å². The van der Waals surface area contributed by atoms with Crippen molar-refractivity contribution >= 4 is 33.4 Å². The number of hydrogen-bond acceptors (Lipinski definition) is 4. The van der Waals surface area contributed by atoms with Gasteiger partial charge in [-0.25, -0.2) is 4.39 Å². The lowest BCUT2D eigenvalue weighted by molar-refractivity contribution is -0.117. The van der Waals surface area contributed by atoms with E-state index in [9.17, 15) is 9.18 Å². The van der Waals surface area contributed by atoms with E-state index < -0.39 is 0 Å². The van der Waals surface area contributed by atoms with Gasteiger partial charge in [0.1, 0.15) is 11.5 Å². The van der Waals surface area contributed by atoms with E-state index in [1.54, 1.807) is 30.7 Å². The highest BCUT2D eigenvalue weighted by molar-refractivity contribution is 6.01. The number of hydrogen-bond donors (Lipinski definition) is 3. The third kappa shape index (κ3) is 3.92. The lowest BCUT2D eigenvalue weighted by Crippen LogP contribution is -2.13. The van der Waals surface area contributed by atoms with E-state index in [4.69, 9.17) is 0 Å². The van der Waals surface area contributed by atoms with Crippen molar-refractivity contribution in [2.45, 2.75) is 12.8 Å². The van der Waals surface area contributed by atoms with Crippen molar-refractivity contribution in [3.63, 3.8) is 0 Å². The van der Waals surface area contributed by atoms with Crippen LogP contribution in [0, 0.1) is 11.7 Å². The Balaban J connectivity index is 1.28. The Kier molecular flexibility index (Phi) is 4.85. The summed E-state index contributed by atoms with van der Waals surface area (Å²) in [5, 5.41) is 12.5. The van der Waals surface area contributed by atoms with Gasteiger partial charge in [0.05, 0.1) is 35.0 Å². The monoisotopic (exact) mass is 488 g/mol. The molecule has 0 saturated heterocycles. The number of carbonyl (C=O) groups is 1. The van der Waals surface area contributed by atoms with E-state index in [0.717, 1.165) is 68.4 Å². The van der Waals surface area contributed by atoms with Crippen LogP contribution in [0.15, 0.2) is 79.3 Å². The summed E-state index contributed by atoms with van der Waals surface area (Å²) in [6.07, 6.45) is 7.01. The SMILES string of the molecule is O=C(Nc1cncc(-c2cc3c(-c4cc5c(-c6cccc(F)c6)cccc5[nH]4)n[nH]c3cn2)c1)C1CC1. The van der Waals surface area contributed by atoms with E-state index in [1.165, 1.54) is 6.07 Å². The van der Waals surface area contributed by atoms with Crippen LogP contribution in [0.5, 0.6) is 0 Å². The summed E-state index contributed by atoms with van der Waals surface area (Å²) in [4.78, 5) is 24.5. The maximum absolute atomic E-state index is 13.9. The molecule has 0 spiro atoms. The number of benzene rings is 2. The first kappa shape index (κ1) is 21.4. The molecule has 1 aliphatic carbocycles. The Morgan fingerprint density at radius 2 is 1.81 bits per heavy atom. The van der Waals surface area contributed by atoms with Crippen LogP contribution >= 0.6 is 0 Å². The molecule has 1 amide bonds. The number of carbonyl (C=O) groups excluding carboxylic acids is 1. The number of aromatic amines is 2. The second-order valence-corrected chi connectivity index (χ2v) is 9.37. The number of pyridine rings is 2. The van der Waals surface area contributed by atoms with Crippen LogP contribution in [0.2, 0.25) is 0 Å². The van der Waals surface area contributed by atoms with Gasteiger partial charge in [0.2, 0.25) is 5.91 Å². The fraction of sp³-hybridized carbons (Fsp3) is 0.103. The second kappa shape index (κ2) is 8.37. The molecule has 4 heterocycles. The highest BCUT2D eigenvalue weighted by atomic mass is 19.1. The number of amides is 1. The molecule has 3 N–H and O–H groups in total. The number of H-pyrrole nitrogens is 2. The minimum atomic E-state index is -0.269. The first-order valence-corrected chi connectivity index (χ1v) is 12.1. The minimum absolute atomic E-state index is 0.0379. The molecule has 0 aliphatic heterocycles. The Bertz CT molecular complexity index is 1820. The van der Waals surface area contributed by atoms with Crippen LogP contribution in [0.3, 0.4) is 0 Å². The molecule has 4 aromatic heterocycles. The van der Waals surface area contributed by atoms with Crippen molar-refractivity contribution in [1.29, 1.82) is 0 Å². The minimum Gasteiger partial charge on any atom is -0.353 e. The maximum atomic E-state index is 13.9. The van der Waals surface area contributed by atoms with Gasteiger partial charge in [0.25, 0.3) is 0 Å². The molecule has 0 unspecified atom stereocenters. The largest absolute Gasteiger partial charge is 0.353 e. The molecule has 6 aromatic rings. The van der Waals surface area contributed by atoms with Gasteiger partial charge in [-0.3, -0.25) is 19.9 Å². The first-order valence-electron chi connectivity index (χ1n) is 12.1. The quantitative estimate of drug-likeness (QED) is 0.264. The Hall–Kier alpha value is -4.85. The van der Waals surface area contributed by atoms with E-state index in [0.29, 0.717) is 5.69 Å². The molecule has 8 heteroatoms. The van der Waals surface area contributed by atoms with Crippen molar-refractivity contribution in [2.75, 3.05) is 5.32 Å². The number of nitrogens with zero attached hydrogens (tertiary/aromatic N) is 3. The second-order valence-electron chi connectivity index (χ2n) is 9.37. The van der Waals surface area contributed by atoms with Crippen molar-refractivity contribution < 1.29 is 9.18 Å². The first-order chi connectivity index (χ1) is 18.1. The normalized spacial score (nSPS) is 13.3. The predicted octanol–water partition coefficient (Wildman–Crippen LogP) is 6.32. The maximum Gasteiger partial charge on any atom is 0.227 e. The van der Waals surface area contributed by atoms with Gasteiger partial charge in [-0.15, -0.1) is 0 Å². The van der Waals surface area contributed by atoms with Gasteiger partial charge < -0.3 is 10.3 Å². The number of anilines is 1. The number of rotatable bonds is 5. The average Bonchev–Trinajstić information content (AvgIpc) is 3.55. The molecule has 1 saturated carbocycles. The Morgan fingerprint density at radius 3 is 2.68 bits per heavy atom. The zero-order chi connectivity index (χ0) is 24.9. The zero-order valence-corrected chi connectivity index (χ0v) is 19.6. The molecule has 37 heavy (non-hydrogen) atoms. The average molecular weight is 489 g/mol. The fourth-order valence-electron chi connectivity index (χ4n) is 4.71. The molecule has 180 valence electrons. The van der Waals surface area contributed by atoms with E-state index in [-0.39, 0.29) is 17.6 Å². The topological polar surface area (TPSA) is 99.4 Å². The molecule has 0 radical (unpaired) electrons. The van der Waals surface area contributed by atoms with Crippen LogP contribution in [-0.2, 0) is 4.79 Å². The molecule has 0 bridgehead atoms. The van der Waals surface area contributed by atoms with Crippen LogP contribution in [-0.4, -0.2) is 31.1 Å². The van der Waals surface area contributed by atoms with Crippen molar-refractivity contribution in [3.05, 3.63) is 85.1 Å². The number of halogens is 1. The van der Waals surface area contributed by atoms with Crippen LogP contribution < -0.4 is 5.32 Å². The summed E-state index contributed by atoms with van der Waals surface area (Å²) in [6.45, 7) is 0. The molecular weight excluding hydrogens is 467 g/mol. The molecule has 7 nitrogen and oxygen atoms in total. The summed E-state index contributed by atoms with van der Waals surface area (Å²) in [5.41, 5.74) is 7.27. The molecular formula is C29H21FN6O. The predicted molar refractivity (Wildman–Crippen MR) is 141 cm³/mol. The van der Waals surface area contributed by atoms with Gasteiger partial charge in [0, 0.05) is 34.0 Å². The van der Waals surface area contributed by atoms with Gasteiger partial charge in [0.15, 0.2) is 0 Å². The van der Waals surface area contributed by atoms with Crippen molar-refractivity contribution in [1.82, 2.24) is 25.1 Å². The number of fused-ring (bicyclic) bond motifs is 2. The molecule has 2 aromatic carbocycles. The lowest BCUT2D eigenvalue weighted by atomic mass is 10.0. The molecule has 1 aliphatic rings. The van der Waals surface area contributed by atoms with Gasteiger partial charge in [-0.1, -0.05) is 24.3 Å². The highest BCUT2D eigenvalue weighted by Gasteiger charge is 2.29. The van der Waals surface area contributed by atoms with Crippen LogP contribution in [0.4, 0.5) is 10.1 Å². The van der Waals surface area contributed by atoms with Gasteiger partial charge >= 0.3 is 0 Å². The Labute approximate surface area is 210 Å². The summed E-state index contributed by atoms with van der Waals surface area (Å²) >= 11 is 0. The zero-order valence-electron chi connectivity index (χ0n) is 19.6. The third-order valence-corrected chi connectivity index (χ3v) is 6.75. The van der Waals surface area contributed by atoms with Crippen molar-refractivity contribution in [2.24, 2.45) is 5.92 Å². The van der Waals surface area contributed by atoms with E-state index in [1.807, 2.05) is 42.5 Å². The number of aromatic nitrogens is 5. The highest BCUT2D eigenvalue weighted by Crippen LogP contribution is 2.35. The smallest absolute Gasteiger partial charge is 0.227 e. The van der Waals surface area contributed by atoms with E-state index >= 15 is 0 Å². The van der Waals surface area contributed by atoms with Crippen LogP contribution in [0.25, 0.3) is 55.6 Å². The molecule has 0 atom stereocenters. The third-order valence-electron chi connectivity index (χ3n) is 6.75. The molecule has 7 rings (SSSR count). The number of nitrogens with one attached hydrogen (secondary N) is 3. The van der Waals surface area contributed by atoms with Crippen molar-refractivity contribution in [3.8, 4) is 33.8 Å². The summed E-state index contributed by atoms with van der Waals surface area (Å²) in [7, 11) is 0. The van der Waals surface area contributed by atoms with Gasteiger partial charge in [-0.2, -0.15) is 5.10 Å². The molecule has 1 fully saturated rings. The Morgan fingerprint density at radius 1 is 0.919 bits per heavy atom. The summed E-state index contributed by atoms with van der Waals surface area (Å²) in [5.74, 6) is -0.116. The lowest BCUT2D eigenvalue weighted by Gasteiger charge is -2.06. The fourth-order valence-corrected chi connectivity index (χ4v) is 4.71. The van der Waals surface area contributed by atoms with Crippen LogP contribution in [0.1, 0.15) is 12.8 Å². The van der Waals surface area contributed by atoms with E-state index in [2.05, 4.69) is 30.5 Å². The standard InChI is InChI=1S/C29H21FN6O/c30-19-4-1-3-17(9-19)21-5-2-6-24-22(21)11-26(34-24)28-23-12-25(32-15-27(23)35-36-28)18-10-20(14-31-13-18)33-29(37)16-7-8-16/h1-6,9-16,34H,7-8H2,(H,33,37)(H,35,36). The summed E-state index contributed by atoms with van der Waals surface area (Å²) in [6, 6.07) is 18.4. The summed E-state index contributed by atoms with van der Waals surface area (Å²) < 4.78 is 13.9.